The predicted octanol–water partition coefficient (Wildman–Crippen LogP) is 2.85. The fourth-order valence-corrected chi connectivity index (χ4v) is 2.72. The average Bonchev–Trinajstić information content (AvgIpc) is 2.83. The zero-order valence-corrected chi connectivity index (χ0v) is 11.8. The number of carbonyl (C=O) groups is 1. The van der Waals surface area contributed by atoms with Crippen molar-refractivity contribution in [2.24, 2.45) is 0 Å². The van der Waals surface area contributed by atoms with E-state index in [1.165, 1.54) is 10.5 Å². The second-order valence-electron chi connectivity index (χ2n) is 3.71. The van der Waals surface area contributed by atoms with E-state index in [1.54, 1.807) is 11.8 Å². The molecule has 0 fully saturated rings. The highest BCUT2D eigenvalue weighted by molar-refractivity contribution is 7.99. The predicted molar refractivity (Wildman–Crippen MR) is 73.4 cm³/mol. The molecule has 0 aliphatic carbocycles. The van der Waals surface area contributed by atoms with Crippen molar-refractivity contribution in [3.05, 3.63) is 35.7 Å². The van der Waals surface area contributed by atoms with Crippen LogP contribution in [0.15, 0.2) is 38.9 Å². The Morgan fingerprint density at radius 3 is 2.89 bits per heavy atom. The van der Waals surface area contributed by atoms with Crippen LogP contribution in [0.25, 0.3) is 0 Å². The van der Waals surface area contributed by atoms with Crippen LogP contribution < -0.4 is 0 Å². The summed E-state index contributed by atoms with van der Waals surface area (Å²) >= 11 is 2.65. The first kappa shape index (κ1) is 14.0. The molecule has 1 N–H and O–H groups in total. The molecular formula is C12H12N2O3S2. The molecule has 1 aromatic heterocycles. The van der Waals surface area contributed by atoms with Crippen LogP contribution in [0.2, 0.25) is 0 Å². The van der Waals surface area contributed by atoms with Gasteiger partial charge >= 0.3 is 5.97 Å². The largest absolute Gasteiger partial charge is 0.481 e. The molecule has 2 rings (SSSR count). The highest BCUT2D eigenvalue weighted by Gasteiger charge is 2.09. The summed E-state index contributed by atoms with van der Waals surface area (Å²) in [5, 5.41) is 12.7. The van der Waals surface area contributed by atoms with E-state index in [0.717, 1.165) is 11.8 Å². The SMILES string of the molecule is Cc1ccccc1SCc1noc(SCC(=O)O)n1. The first-order valence-electron chi connectivity index (χ1n) is 5.51. The van der Waals surface area contributed by atoms with Gasteiger partial charge in [-0.2, -0.15) is 4.98 Å². The van der Waals surface area contributed by atoms with Crippen molar-refractivity contribution in [1.82, 2.24) is 10.1 Å². The fourth-order valence-electron chi connectivity index (χ4n) is 1.34. The second kappa shape index (κ2) is 6.63. The summed E-state index contributed by atoms with van der Waals surface area (Å²) in [6.45, 7) is 2.05. The Morgan fingerprint density at radius 1 is 1.37 bits per heavy atom. The molecule has 100 valence electrons. The number of benzene rings is 1. The van der Waals surface area contributed by atoms with Crippen LogP contribution in [0.3, 0.4) is 0 Å². The lowest BCUT2D eigenvalue weighted by Gasteiger charge is -2.01. The molecule has 19 heavy (non-hydrogen) atoms. The maximum Gasteiger partial charge on any atom is 0.314 e. The lowest BCUT2D eigenvalue weighted by molar-refractivity contribution is -0.133. The summed E-state index contributed by atoms with van der Waals surface area (Å²) in [5.41, 5.74) is 1.21. The molecule has 0 saturated carbocycles. The third-order valence-electron chi connectivity index (χ3n) is 2.22. The van der Waals surface area contributed by atoms with Gasteiger partial charge in [-0.05, 0) is 18.6 Å². The topological polar surface area (TPSA) is 76.2 Å². The van der Waals surface area contributed by atoms with Gasteiger partial charge < -0.3 is 9.63 Å². The zero-order chi connectivity index (χ0) is 13.7. The van der Waals surface area contributed by atoms with E-state index in [4.69, 9.17) is 9.63 Å². The Balaban J connectivity index is 1.90. The lowest BCUT2D eigenvalue weighted by Crippen LogP contribution is -1.97. The first-order valence-corrected chi connectivity index (χ1v) is 7.48. The fraction of sp³-hybridized carbons (Fsp3) is 0.250. The molecule has 0 aliphatic rings. The number of hydrogen-bond acceptors (Lipinski definition) is 6. The summed E-state index contributed by atoms with van der Waals surface area (Å²) < 4.78 is 4.96. The third kappa shape index (κ3) is 4.29. The molecular weight excluding hydrogens is 284 g/mol. The summed E-state index contributed by atoms with van der Waals surface area (Å²) in [6.07, 6.45) is 0. The molecule has 0 spiro atoms. The summed E-state index contributed by atoms with van der Waals surface area (Å²) in [4.78, 5) is 15.7. The van der Waals surface area contributed by atoms with Crippen LogP contribution in [0.1, 0.15) is 11.4 Å². The molecule has 0 aliphatic heterocycles. The van der Waals surface area contributed by atoms with Gasteiger partial charge in [0.2, 0.25) is 0 Å². The van der Waals surface area contributed by atoms with Crippen molar-refractivity contribution in [2.45, 2.75) is 22.8 Å². The average molecular weight is 296 g/mol. The van der Waals surface area contributed by atoms with Gasteiger partial charge in [-0.15, -0.1) is 11.8 Å². The standard InChI is InChI=1S/C12H12N2O3S2/c1-8-4-2-3-5-9(8)18-6-10-13-12(17-14-10)19-7-11(15)16/h2-5H,6-7H2,1H3,(H,15,16). The Morgan fingerprint density at radius 2 is 2.16 bits per heavy atom. The number of aryl methyl sites for hydroxylation is 1. The third-order valence-corrected chi connectivity index (χ3v) is 4.19. The van der Waals surface area contributed by atoms with Gasteiger partial charge in [0.25, 0.3) is 5.22 Å². The van der Waals surface area contributed by atoms with E-state index in [-0.39, 0.29) is 5.75 Å². The Kier molecular flexibility index (Phi) is 4.86. The second-order valence-corrected chi connectivity index (χ2v) is 5.66. The minimum Gasteiger partial charge on any atom is -0.481 e. The van der Waals surface area contributed by atoms with E-state index in [9.17, 15) is 4.79 Å². The number of hydrogen-bond donors (Lipinski definition) is 1. The van der Waals surface area contributed by atoms with Crippen molar-refractivity contribution in [2.75, 3.05) is 5.75 Å². The van der Waals surface area contributed by atoms with Crippen molar-refractivity contribution in [1.29, 1.82) is 0 Å². The smallest absolute Gasteiger partial charge is 0.314 e. The number of nitrogens with zero attached hydrogens (tertiary/aromatic N) is 2. The lowest BCUT2D eigenvalue weighted by atomic mass is 10.2. The molecule has 1 heterocycles. The molecule has 0 saturated heterocycles. The number of carboxylic acids is 1. The van der Waals surface area contributed by atoms with E-state index in [0.29, 0.717) is 16.8 Å². The summed E-state index contributed by atoms with van der Waals surface area (Å²) in [5.74, 6) is 0.189. The molecule has 2 aromatic rings. The van der Waals surface area contributed by atoms with Crippen molar-refractivity contribution >= 4 is 29.5 Å². The number of aliphatic carboxylic acids is 1. The van der Waals surface area contributed by atoms with Crippen LogP contribution in [-0.2, 0) is 10.5 Å². The van der Waals surface area contributed by atoms with E-state index in [2.05, 4.69) is 10.1 Å². The maximum atomic E-state index is 10.4. The quantitative estimate of drug-likeness (QED) is 0.821. The van der Waals surface area contributed by atoms with Crippen molar-refractivity contribution < 1.29 is 14.4 Å². The van der Waals surface area contributed by atoms with Gasteiger partial charge in [0.1, 0.15) is 5.75 Å². The maximum absolute atomic E-state index is 10.4. The van der Waals surface area contributed by atoms with E-state index >= 15 is 0 Å². The van der Waals surface area contributed by atoms with E-state index < -0.39 is 5.97 Å². The highest BCUT2D eigenvalue weighted by atomic mass is 32.2. The minimum absolute atomic E-state index is 0.0768. The van der Waals surface area contributed by atoms with Crippen LogP contribution in [-0.4, -0.2) is 27.0 Å². The molecule has 0 bridgehead atoms. The van der Waals surface area contributed by atoms with Gasteiger partial charge in [0, 0.05) is 4.90 Å². The zero-order valence-electron chi connectivity index (χ0n) is 10.2. The van der Waals surface area contributed by atoms with Gasteiger partial charge in [-0.25, -0.2) is 0 Å². The molecule has 1 aromatic carbocycles. The Hall–Kier alpha value is -1.47. The molecule has 0 atom stereocenters. The Labute approximate surface area is 118 Å². The van der Waals surface area contributed by atoms with Gasteiger partial charge in [-0.1, -0.05) is 35.1 Å². The van der Waals surface area contributed by atoms with Gasteiger partial charge in [0.15, 0.2) is 5.82 Å². The van der Waals surface area contributed by atoms with Crippen molar-refractivity contribution in [3.63, 3.8) is 0 Å². The summed E-state index contributed by atoms with van der Waals surface area (Å²) in [7, 11) is 0. The number of thioether (sulfide) groups is 2. The van der Waals surface area contributed by atoms with Crippen LogP contribution >= 0.6 is 23.5 Å². The van der Waals surface area contributed by atoms with Crippen LogP contribution in [0.5, 0.6) is 0 Å². The monoisotopic (exact) mass is 296 g/mol. The van der Waals surface area contributed by atoms with Gasteiger partial charge in [0.05, 0.1) is 5.75 Å². The van der Waals surface area contributed by atoms with Crippen molar-refractivity contribution in [3.8, 4) is 0 Å². The number of carboxylic acid groups (broad SMARTS) is 1. The Bertz CT molecular complexity index is 572. The van der Waals surface area contributed by atoms with Crippen LogP contribution in [0.4, 0.5) is 0 Å². The van der Waals surface area contributed by atoms with Crippen LogP contribution in [0, 0.1) is 6.92 Å². The molecule has 0 radical (unpaired) electrons. The molecule has 0 unspecified atom stereocenters. The minimum atomic E-state index is -0.904. The molecule has 5 nitrogen and oxygen atoms in total. The first-order chi connectivity index (χ1) is 9.15. The number of aromatic nitrogens is 2. The molecule has 7 heteroatoms. The van der Waals surface area contributed by atoms with Gasteiger partial charge in [-0.3, -0.25) is 4.79 Å². The normalized spacial score (nSPS) is 10.6. The van der Waals surface area contributed by atoms with E-state index in [1.807, 2.05) is 31.2 Å². The number of rotatable bonds is 6. The highest BCUT2D eigenvalue weighted by Crippen LogP contribution is 2.25. The summed E-state index contributed by atoms with van der Waals surface area (Å²) in [6, 6.07) is 8.07. The molecule has 0 amide bonds.